The van der Waals surface area contributed by atoms with Gasteiger partial charge in [0.1, 0.15) is 11.9 Å². The molecule has 4 aromatic rings. The highest BCUT2D eigenvalue weighted by molar-refractivity contribution is 6.24. The number of amides is 6. The summed E-state index contributed by atoms with van der Waals surface area (Å²) in [6, 6.07) is 12.8. The van der Waals surface area contributed by atoms with E-state index in [4.69, 9.17) is 9.47 Å². The largest absolute Gasteiger partial charge is 0.417 e. The van der Waals surface area contributed by atoms with E-state index in [2.05, 4.69) is 25.8 Å². The summed E-state index contributed by atoms with van der Waals surface area (Å²) in [7, 11) is 1.98. The maximum absolute atomic E-state index is 15.5. The normalized spacial score (nSPS) is 18.8. The minimum atomic E-state index is -5.00. The number of hydrogen-bond donors (Lipinski definition) is 4. The third-order valence-corrected chi connectivity index (χ3v) is 12.2. The number of rotatable bonds is 16. The van der Waals surface area contributed by atoms with Crippen molar-refractivity contribution in [2.45, 2.75) is 63.8 Å². The summed E-state index contributed by atoms with van der Waals surface area (Å²) in [6.07, 6.45) is -3.28. The number of nitrogens with one attached hydrogen (secondary N) is 4. The van der Waals surface area contributed by atoms with Gasteiger partial charge in [-0.2, -0.15) is 13.2 Å². The second kappa shape index (κ2) is 20.4. The fourth-order valence-corrected chi connectivity index (χ4v) is 8.47. The van der Waals surface area contributed by atoms with Gasteiger partial charge in [-0.3, -0.25) is 48.7 Å². The van der Waals surface area contributed by atoms with Crippen molar-refractivity contribution in [3.63, 3.8) is 0 Å². The van der Waals surface area contributed by atoms with Gasteiger partial charge in [-0.15, -0.1) is 0 Å². The molecule has 1 aromatic heterocycles. The van der Waals surface area contributed by atoms with Crippen LogP contribution in [0.15, 0.2) is 71.7 Å². The Morgan fingerprint density at radius 1 is 0.851 bits per heavy atom. The number of hydrogen-bond acceptors (Lipinski definition) is 11. The van der Waals surface area contributed by atoms with Crippen molar-refractivity contribution in [3.8, 4) is 11.1 Å². The third kappa shape index (κ3) is 10.8. The van der Waals surface area contributed by atoms with E-state index in [0.29, 0.717) is 56.1 Å². The molecular weight excluding hydrogens is 883 g/mol. The van der Waals surface area contributed by atoms with Crippen molar-refractivity contribution in [2.24, 2.45) is 0 Å². The SMILES string of the molecule is C[C@@H]1CN(c2ccc(-c3cc(C(=O)NCCOCCOCCCc4cccc5c4C(=O)N(C4CCC(=O)NC4=O)C5=O)ccc3F)cc2NC(=O)c2c[nH]c(=O)cc2C(F)(F)F)C[C@H](C)N1C. The van der Waals surface area contributed by atoms with Gasteiger partial charge >= 0.3 is 6.18 Å². The van der Waals surface area contributed by atoms with Crippen molar-refractivity contribution in [1.82, 2.24) is 25.4 Å². The Bertz CT molecular complexity index is 2640. The second-order valence-electron chi connectivity index (χ2n) is 16.6. The van der Waals surface area contributed by atoms with Crippen LogP contribution in [0.1, 0.15) is 85.7 Å². The van der Waals surface area contributed by atoms with Crippen LogP contribution >= 0.6 is 0 Å². The molecule has 3 atom stereocenters. The van der Waals surface area contributed by atoms with E-state index in [9.17, 15) is 46.7 Å². The highest BCUT2D eigenvalue weighted by Crippen LogP contribution is 2.37. The fraction of sp³-hybridized carbons (Fsp3) is 0.383. The maximum Gasteiger partial charge on any atom is 0.417 e. The Kier molecular flexibility index (Phi) is 14.7. The summed E-state index contributed by atoms with van der Waals surface area (Å²) < 4.78 is 68.6. The lowest BCUT2D eigenvalue weighted by molar-refractivity contribution is -0.138. The Morgan fingerprint density at radius 2 is 1.58 bits per heavy atom. The van der Waals surface area contributed by atoms with Crippen molar-refractivity contribution in [1.29, 1.82) is 0 Å². The van der Waals surface area contributed by atoms with Crippen LogP contribution in [0.5, 0.6) is 0 Å². The van der Waals surface area contributed by atoms with Crippen molar-refractivity contribution >= 4 is 46.8 Å². The molecule has 0 aliphatic carbocycles. The number of aromatic nitrogens is 1. The number of aryl methyl sites for hydroxylation is 1. The van der Waals surface area contributed by atoms with Gasteiger partial charge in [0.15, 0.2) is 0 Å². The van der Waals surface area contributed by atoms with Gasteiger partial charge in [-0.1, -0.05) is 18.2 Å². The Labute approximate surface area is 382 Å². The van der Waals surface area contributed by atoms with E-state index in [1.165, 1.54) is 24.3 Å². The number of piperazine rings is 1. The predicted octanol–water partition coefficient (Wildman–Crippen LogP) is 4.78. The molecule has 20 heteroatoms. The van der Waals surface area contributed by atoms with Gasteiger partial charge in [0, 0.05) is 68.1 Å². The maximum atomic E-state index is 15.5. The zero-order chi connectivity index (χ0) is 48.2. The van der Waals surface area contributed by atoms with Gasteiger partial charge < -0.3 is 30.0 Å². The van der Waals surface area contributed by atoms with Crippen LogP contribution in [-0.2, 0) is 31.7 Å². The van der Waals surface area contributed by atoms with Crippen LogP contribution in [0.3, 0.4) is 0 Å². The van der Waals surface area contributed by atoms with Crippen LogP contribution in [0.25, 0.3) is 11.1 Å². The van der Waals surface area contributed by atoms with Crippen molar-refractivity contribution in [2.75, 3.05) is 63.3 Å². The first-order chi connectivity index (χ1) is 31.9. The van der Waals surface area contributed by atoms with Gasteiger partial charge in [-0.25, -0.2) is 4.39 Å². The van der Waals surface area contributed by atoms with E-state index in [-0.39, 0.29) is 84.8 Å². The molecule has 4 heterocycles. The first-order valence-electron chi connectivity index (χ1n) is 21.7. The number of nitrogens with zero attached hydrogens (tertiary/aromatic N) is 3. The number of likely N-dealkylation sites (N-methyl/N-ethyl adjacent to an activating group) is 1. The Morgan fingerprint density at radius 3 is 2.30 bits per heavy atom. The molecule has 0 radical (unpaired) electrons. The van der Waals surface area contributed by atoms with E-state index < -0.39 is 70.2 Å². The van der Waals surface area contributed by atoms with E-state index in [1.54, 1.807) is 24.3 Å². The number of carbonyl (C=O) groups excluding carboxylic acids is 6. The molecule has 6 amide bonds. The number of anilines is 2. The lowest BCUT2D eigenvalue weighted by Gasteiger charge is -2.44. The van der Waals surface area contributed by atoms with E-state index in [1.807, 2.05) is 25.8 Å². The highest BCUT2D eigenvalue weighted by atomic mass is 19.4. The van der Waals surface area contributed by atoms with Crippen LogP contribution in [0.2, 0.25) is 0 Å². The molecule has 4 N–H and O–H groups in total. The first kappa shape index (κ1) is 48.2. The molecule has 354 valence electrons. The average molecular weight is 932 g/mol. The number of imide groups is 2. The number of carbonyl (C=O) groups is 6. The first-order valence-corrected chi connectivity index (χ1v) is 21.7. The lowest BCUT2D eigenvalue weighted by Crippen LogP contribution is -2.55. The third-order valence-electron chi connectivity index (χ3n) is 12.2. The number of alkyl halides is 3. The highest BCUT2D eigenvalue weighted by Gasteiger charge is 2.45. The van der Waals surface area contributed by atoms with Gasteiger partial charge in [0.2, 0.25) is 17.4 Å². The molecule has 0 saturated carbocycles. The minimum Gasteiger partial charge on any atom is -0.379 e. The summed E-state index contributed by atoms with van der Waals surface area (Å²) in [6.45, 7) is 6.02. The number of H-pyrrole nitrogens is 1. The molecule has 0 spiro atoms. The molecule has 3 aromatic carbocycles. The van der Waals surface area contributed by atoms with Crippen LogP contribution in [0.4, 0.5) is 28.9 Å². The number of pyridine rings is 1. The second-order valence-corrected chi connectivity index (χ2v) is 16.6. The molecular formula is C47H49F4N7O9. The molecule has 2 fully saturated rings. The fourth-order valence-electron chi connectivity index (χ4n) is 8.47. The Balaban J connectivity index is 0.918. The van der Waals surface area contributed by atoms with Gasteiger partial charge in [-0.05, 0) is 87.7 Å². The van der Waals surface area contributed by atoms with Crippen molar-refractivity contribution < 1.29 is 55.8 Å². The summed E-state index contributed by atoms with van der Waals surface area (Å²) in [4.78, 5) is 96.1. The van der Waals surface area contributed by atoms with Crippen LogP contribution in [-0.4, -0.2) is 121 Å². The van der Waals surface area contributed by atoms with Crippen LogP contribution < -0.4 is 26.4 Å². The summed E-state index contributed by atoms with van der Waals surface area (Å²) >= 11 is 0. The molecule has 3 aliphatic rings. The number of piperidine rings is 1. The average Bonchev–Trinajstić information content (AvgIpc) is 3.54. The molecule has 16 nitrogen and oxygen atoms in total. The number of halogens is 4. The predicted molar refractivity (Wildman–Crippen MR) is 236 cm³/mol. The topological polar surface area (TPSA) is 200 Å². The minimum absolute atomic E-state index is 0.00540. The quantitative estimate of drug-likeness (QED) is 0.0686. The molecule has 3 aliphatic heterocycles. The number of benzene rings is 3. The Hall–Kier alpha value is -6.77. The molecule has 2 saturated heterocycles. The summed E-state index contributed by atoms with van der Waals surface area (Å²) in [5.74, 6) is -4.64. The van der Waals surface area contributed by atoms with Gasteiger partial charge in [0.25, 0.3) is 23.6 Å². The standard InChI is InChI=1S/C47H49F4N7O9/c1-26-24-57(25-27(2)56(26)3)37-12-10-29(21-36(37)54-43(62)33-23-53-40(60)22-34(33)47(49,50)51)32-20-30(9-11-35(32)48)42(61)52-15-17-67-19-18-66-16-5-7-28-6-4-8-31-41(28)46(65)58(45(31)64)38-13-14-39(59)55-44(38)63/h4,6,8-12,20-23,26-27,38H,5,7,13-19,24-25H2,1-3H3,(H,52,61)(H,53,60)(H,54,62)(H,55,59,63)/t26-,27+,38?. The van der Waals surface area contributed by atoms with Gasteiger partial charge in [0.05, 0.1) is 53.4 Å². The van der Waals surface area contributed by atoms with E-state index in [0.717, 1.165) is 11.0 Å². The number of aromatic amines is 1. The smallest absolute Gasteiger partial charge is 0.379 e. The summed E-state index contributed by atoms with van der Waals surface area (Å²) in [5.41, 5.74) is -1.26. The molecule has 7 rings (SSSR count). The van der Waals surface area contributed by atoms with Crippen LogP contribution in [0, 0.1) is 5.82 Å². The molecule has 0 bridgehead atoms. The number of fused-ring (bicyclic) bond motifs is 1. The zero-order valence-corrected chi connectivity index (χ0v) is 36.9. The van der Waals surface area contributed by atoms with E-state index >= 15 is 4.39 Å². The lowest BCUT2D eigenvalue weighted by atomic mass is 9.99. The molecule has 67 heavy (non-hydrogen) atoms. The summed E-state index contributed by atoms with van der Waals surface area (Å²) in [5, 5.41) is 7.48. The molecule has 1 unspecified atom stereocenters. The zero-order valence-electron chi connectivity index (χ0n) is 36.9. The van der Waals surface area contributed by atoms with Crippen molar-refractivity contribution in [3.05, 3.63) is 116 Å². The monoisotopic (exact) mass is 931 g/mol. The number of ether oxygens (including phenoxy) is 2.